The number of pyridine rings is 1. The zero-order chi connectivity index (χ0) is 37.4. The lowest BCUT2D eigenvalue weighted by molar-refractivity contribution is -0.137. The molecule has 2 bridgehead atoms. The van der Waals surface area contributed by atoms with Crippen LogP contribution in [-0.2, 0) is 11.0 Å². The fourth-order valence-corrected chi connectivity index (χ4v) is 9.41. The average Bonchev–Trinajstić information content (AvgIpc) is 3.85. The number of hydrogen-bond donors (Lipinski definition) is 1. The molecule has 4 fully saturated rings. The van der Waals surface area contributed by atoms with Gasteiger partial charge >= 0.3 is 12.2 Å². The van der Waals surface area contributed by atoms with Gasteiger partial charge in [0, 0.05) is 49.1 Å². The molecule has 4 saturated heterocycles. The Morgan fingerprint density at radius 3 is 2.62 bits per heavy atom. The molecule has 4 aliphatic rings. The lowest BCUT2D eigenvalue weighted by atomic mass is 9.95. The first-order valence-electron chi connectivity index (χ1n) is 17.1. The fraction of sp³-hybridized carbons (Fsp3) is 0.457. The summed E-state index contributed by atoms with van der Waals surface area (Å²) in [4.78, 5) is 35.6. The number of nitrogen functional groups attached to an aromatic ring is 1. The summed E-state index contributed by atoms with van der Waals surface area (Å²) >= 11 is 7.82. The van der Waals surface area contributed by atoms with Gasteiger partial charge < -0.3 is 20.3 Å². The Bertz CT molecular complexity index is 2120. The number of ether oxygens (including phenoxy) is 1. The first-order chi connectivity index (χ1) is 25.2. The number of amides is 1. The second-order valence-electron chi connectivity index (χ2n) is 14.1. The van der Waals surface area contributed by atoms with Crippen LogP contribution in [-0.4, -0.2) is 92.2 Å². The van der Waals surface area contributed by atoms with Crippen LogP contribution in [0.1, 0.15) is 48.2 Å². The van der Waals surface area contributed by atoms with Crippen molar-refractivity contribution in [3.8, 4) is 17.3 Å². The molecule has 7 heterocycles. The molecule has 0 radical (unpaired) electrons. The molecule has 18 heteroatoms. The van der Waals surface area contributed by atoms with Crippen molar-refractivity contribution in [2.24, 2.45) is 0 Å². The Morgan fingerprint density at radius 2 is 1.92 bits per heavy atom. The van der Waals surface area contributed by atoms with E-state index in [2.05, 4.69) is 19.9 Å². The van der Waals surface area contributed by atoms with Crippen molar-refractivity contribution in [2.75, 3.05) is 43.4 Å². The Morgan fingerprint density at radius 1 is 1.17 bits per heavy atom. The molecule has 4 aliphatic heterocycles. The molecule has 1 amide bonds. The van der Waals surface area contributed by atoms with Crippen molar-refractivity contribution in [1.29, 1.82) is 0 Å². The summed E-state index contributed by atoms with van der Waals surface area (Å²) in [5.41, 5.74) is 1.96. The molecule has 2 unspecified atom stereocenters. The molecule has 2 N–H and O–H groups in total. The third kappa shape index (κ3) is 6.33. The van der Waals surface area contributed by atoms with Gasteiger partial charge in [0.05, 0.1) is 39.5 Å². The van der Waals surface area contributed by atoms with Crippen molar-refractivity contribution in [3.05, 3.63) is 56.5 Å². The number of carbonyl (C=O) groups excluding carboxylic acids is 1. The Balaban J connectivity index is 1.21. The third-order valence-electron chi connectivity index (χ3n) is 10.8. The monoisotopic (exact) mass is 778 g/mol. The van der Waals surface area contributed by atoms with Crippen molar-refractivity contribution in [3.63, 3.8) is 0 Å². The molecule has 4 aromatic rings. The summed E-state index contributed by atoms with van der Waals surface area (Å²) in [7, 11) is 0. The maximum atomic E-state index is 16.9. The van der Waals surface area contributed by atoms with E-state index in [0.29, 0.717) is 30.8 Å². The topological polar surface area (TPSA) is 114 Å². The van der Waals surface area contributed by atoms with E-state index in [4.69, 9.17) is 22.1 Å². The van der Waals surface area contributed by atoms with E-state index in [0.717, 1.165) is 18.6 Å². The lowest BCUT2D eigenvalue weighted by Crippen LogP contribution is -2.56. The minimum Gasteiger partial charge on any atom is -0.461 e. The number of piperazine rings is 1. The van der Waals surface area contributed by atoms with Gasteiger partial charge in [-0.3, -0.25) is 9.69 Å². The number of thiazole rings is 1. The van der Waals surface area contributed by atoms with Crippen molar-refractivity contribution in [1.82, 2.24) is 29.7 Å². The molecule has 4 atom stereocenters. The highest BCUT2D eigenvalue weighted by Gasteiger charge is 2.50. The standard InChI is InChI=1S/C35H33ClF6N8O2S/c1-17-9-24(43)45-30(27(17)35(40,41)42)26-22(36)10-21-29(28(26)39)46-33(52-16-34-5-2-7-49(34)13-18(37)12-34)47-31(21)48-14-19-3-4-20(15-48)50(19)32(51)23(38)11-25-44-6-8-53-25/h6,8-11,18-20H,2-5,7,12-16H2,1H3,(H2,43,45)/b23-11-/t18-,19?,20?,34-/m1/s1. The van der Waals surface area contributed by atoms with Crippen LogP contribution < -0.4 is 15.4 Å². The van der Waals surface area contributed by atoms with Gasteiger partial charge in [0.2, 0.25) is 0 Å². The van der Waals surface area contributed by atoms with Gasteiger partial charge in [-0.2, -0.15) is 23.1 Å². The number of hydrogen-bond acceptors (Lipinski definition) is 10. The van der Waals surface area contributed by atoms with E-state index in [1.54, 1.807) is 10.3 Å². The van der Waals surface area contributed by atoms with Crippen LogP contribution >= 0.6 is 22.9 Å². The summed E-state index contributed by atoms with van der Waals surface area (Å²) < 4.78 is 95.9. The van der Waals surface area contributed by atoms with Gasteiger partial charge in [-0.05, 0) is 56.8 Å². The van der Waals surface area contributed by atoms with Gasteiger partial charge in [0.25, 0.3) is 5.91 Å². The highest BCUT2D eigenvalue weighted by Crippen LogP contribution is 2.46. The molecular formula is C35H33ClF6N8O2S. The number of aryl methyl sites for hydroxylation is 1. The van der Waals surface area contributed by atoms with Gasteiger partial charge in [-0.1, -0.05) is 11.6 Å². The van der Waals surface area contributed by atoms with Gasteiger partial charge in [-0.25, -0.2) is 23.1 Å². The maximum absolute atomic E-state index is 16.9. The van der Waals surface area contributed by atoms with E-state index in [1.807, 2.05) is 4.90 Å². The number of carbonyl (C=O) groups is 1. The number of anilines is 2. The van der Waals surface area contributed by atoms with Crippen LogP contribution in [0.2, 0.25) is 5.02 Å². The van der Waals surface area contributed by atoms with E-state index < -0.39 is 64.3 Å². The fourth-order valence-electron chi connectivity index (χ4n) is 8.57. The third-order valence-corrected chi connectivity index (χ3v) is 11.8. The van der Waals surface area contributed by atoms with Gasteiger partial charge in [0.1, 0.15) is 34.9 Å². The molecule has 3 aromatic heterocycles. The normalized spacial score (nSPS) is 24.8. The summed E-state index contributed by atoms with van der Waals surface area (Å²) in [5, 5.41) is 1.72. The zero-order valence-corrected chi connectivity index (χ0v) is 29.8. The number of benzene rings is 1. The second kappa shape index (κ2) is 13.3. The highest BCUT2D eigenvalue weighted by atomic mass is 35.5. The SMILES string of the molecule is Cc1cc(N)nc(-c2c(Cl)cc3c(N4CC5CCC(C4)N5C(=O)/C(F)=C/c4nccs4)nc(OC[C@]45CCCN4C[C@H](F)C5)nc3c2F)c1C(F)(F)F. The largest absolute Gasteiger partial charge is 0.461 e. The average molecular weight is 779 g/mol. The summed E-state index contributed by atoms with van der Waals surface area (Å²) in [6.45, 7) is 2.52. The summed E-state index contributed by atoms with van der Waals surface area (Å²) in [6.07, 6.45) is -0.468. The molecule has 10 nitrogen and oxygen atoms in total. The lowest BCUT2D eigenvalue weighted by Gasteiger charge is -2.41. The molecule has 1 aromatic carbocycles. The van der Waals surface area contributed by atoms with Crippen molar-refractivity contribution >= 4 is 57.5 Å². The molecule has 0 saturated carbocycles. The predicted octanol–water partition coefficient (Wildman–Crippen LogP) is 7.00. The summed E-state index contributed by atoms with van der Waals surface area (Å²) in [6, 6.07) is 1.18. The van der Waals surface area contributed by atoms with E-state index in [1.165, 1.54) is 35.4 Å². The van der Waals surface area contributed by atoms with Crippen LogP contribution in [0, 0.1) is 12.7 Å². The van der Waals surface area contributed by atoms with E-state index in [-0.39, 0.29) is 71.8 Å². The number of fused-ring (bicyclic) bond motifs is 4. The molecule has 8 rings (SSSR count). The van der Waals surface area contributed by atoms with Crippen molar-refractivity contribution < 1.29 is 35.9 Å². The van der Waals surface area contributed by atoms with Crippen LogP contribution in [0.4, 0.5) is 38.0 Å². The van der Waals surface area contributed by atoms with Gasteiger partial charge in [0.15, 0.2) is 11.6 Å². The van der Waals surface area contributed by atoms with Crippen LogP contribution in [0.5, 0.6) is 6.01 Å². The smallest absolute Gasteiger partial charge is 0.418 e. The minimum absolute atomic E-state index is 0.00681. The number of nitrogens with two attached hydrogens (primary N) is 1. The second-order valence-corrected chi connectivity index (χ2v) is 15.4. The Kier molecular flexibility index (Phi) is 8.96. The predicted molar refractivity (Wildman–Crippen MR) is 188 cm³/mol. The van der Waals surface area contributed by atoms with E-state index >= 15 is 8.78 Å². The Labute approximate surface area is 308 Å². The quantitative estimate of drug-likeness (QED) is 0.157. The molecule has 0 aliphatic carbocycles. The highest BCUT2D eigenvalue weighted by molar-refractivity contribution is 7.10. The molecule has 0 spiro atoms. The molecule has 53 heavy (non-hydrogen) atoms. The van der Waals surface area contributed by atoms with Crippen LogP contribution in [0.25, 0.3) is 28.2 Å². The zero-order valence-electron chi connectivity index (χ0n) is 28.3. The van der Waals surface area contributed by atoms with Gasteiger partial charge in [-0.15, -0.1) is 11.3 Å². The van der Waals surface area contributed by atoms with Crippen molar-refractivity contribution in [2.45, 2.75) is 69.0 Å². The number of halogens is 7. The molecule has 280 valence electrons. The number of nitrogens with zero attached hydrogens (tertiary/aromatic N) is 7. The number of alkyl halides is 4. The van der Waals surface area contributed by atoms with E-state index in [9.17, 15) is 22.4 Å². The maximum Gasteiger partial charge on any atom is 0.418 e. The molecular weight excluding hydrogens is 746 g/mol. The first kappa shape index (κ1) is 35.8. The van der Waals surface area contributed by atoms with Crippen LogP contribution in [0.3, 0.4) is 0 Å². The first-order valence-corrected chi connectivity index (χ1v) is 18.4. The minimum atomic E-state index is -4.93. The number of aromatic nitrogens is 4. The van der Waals surface area contributed by atoms with Crippen LogP contribution in [0.15, 0.2) is 29.5 Å². The Hall–Kier alpha value is -4.22. The number of rotatable bonds is 7. The summed E-state index contributed by atoms with van der Waals surface area (Å²) in [5.74, 6) is -3.00.